The standard InChI is InChI=1S/C45H29N5/c1-4-14-30(15-5-1)43-41(29-47-45(48-43)31-16-6-2-7-17-31)50-37-22-11-10-20-35(37)42-34(21-12-23-38(42)50)32-25-26-36-40(28-32)49(33-18-8-3-9-19-33)39-24-13-27-46-44(36)39/h1-29H. The van der Waals surface area contributed by atoms with E-state index < -0.39 is 0 Å². The molecule has 0 N–H and O–H groups in total. The van der Waals surface area contributed by atoms with E-state index in [1.807, 2.05) is 42.7 Å². The minimum atomic E-state index is 0.700. The van der Waals surface area contributed by atoms with Gasteiger partial charge >= 0.3 is 0 Å². The number of benzene rings is 6. The van der Waals surface area contributed by atoms with Crippen molar-refractivity contribution in [3.05, 3.63) is 176 Å². The van der Waals surface area contributed by atoms with Crippen molar-refractivity contribution in [1.82, 2.24) is 24.1 Å². The summed E-state index contributed by atoms with van der Waals surface area (Å²) in [5.41, 5.74) is 12.7. The summed E-state index contributed by atoms with van der Waals surface area (Å²) in [6.45, 7) is 0. The highest BCUT2D eigenvalue weighted by Gasteiger charge is 2.21. The summed E-state index contributed by atoms with van der Waals surface area (Å²) in [5, 5.41) is 3.50. The van der Waals surface area contributed by atoms with Crippen molar-refractivity contribution in [1.29, 1.82) is 0 Å². The fraction of sp³-hybridized carbons (Fsp3) is 0. The van der Waals surface area contributed by atoms with Crippen molar-refractivity contribution in [3.8, 4) is 45.1 Å². The molecule has 4 aromatic heterocycles. The van der Waals surface area contributed by atoms with Crippen LogP contribution in [0.1, 0.15) is 0 Å². The molecule has 0 saturated heterocycles. The van der Waals surface area contributed by atoms with Crippen LogP contribution in [-0.2, 0) is 0 Å². The second-order valence-electron chi connectivity index (χ2n) is 12.5. The number of rotatable bonds is 5. The van der Waals surface area contributed by atoms with Crippen LogP contribution in [0.15, 0.2) is 176 Å². The summed E-state index contributed by atoms with van der Waals surface area (Å²) >= 11 is 0. The number of fused-ring (bicyclic) bond motifs is 6. The molecule has 0 fully saturated rings. The number of nitrogens with zero attached hydrogens (tertiary/aromatic N) is 5. The molecular formula is C45H29N5. The molecule has 5 heteroatoms. The van der Waals surface area contributed by atoms with Crippen molar-refractivity contribution in [3.63, 3.8) is 0 Å². The molecule has 0 radical (unpaired) electrons. The van der Waals surface area contributed by atoms with E-state index in [0.717, 1.165) is 66.7 Å². The lowest BCUT2D eigenvalue weighted by Crippen LogP contribution is -2.02. The Hall–Kier alpha value is -6.85. The van der Waals surface area contributed by atoms with Gasteiger partial charge in [-0.05, 0) is 59.7 Å². The van der Waals surface area contributed by atoms with Gasteiger partial charge in [0.25, 0.3) is 0 Å². The Morgan fingerprint density at radius 3 is 1.96 bits per heavy atom. The van der Waals surface area contributed by atoms with Gasteiger partial charge in [-0.1, -0.05) is 115 Å². The van der Waals surface area contributed by atoms with Gasteiger partial charge < -0.3 is 9.13 Å². The highest BCUT2D eigenvalue weighted by atomic mass is 15.0. The van der Waals surface area contributed by atoms with Gasteiger partial charge in [-0.3, -0.25) is 4.98 Å². The lowest BCUT2D eigenvalue weighted by molar-refractivity contribution is 1.09. The summed E-state index contributed by atoms with van der Waals surface area (Å²) in [6, 6.07) is 57.3. The number of pyridine rings is 1. The average molecular weight is 640 g/mol. The predicted molar refractivity (Wildman–Crippen MR) is 205 cm³/mol. The monoisotopic (exact) mass is 639 g/mol. The van der Waals surface area contributed by atoms with E-state index in [4.69, 9.17) is 15.0 Å². The van der Waals surface area contributed by atoms with Gasteiger partial charge in [-0.2, -0.15) is 0 Å². The summed E-state index contributed by atoms with van der Waals surface area (Å²) in [4.78, 5) is 15.0. The third-order valence-electron chi connectivity index (χ3n) is 9.63. The largest absolute Gasteiger partial charge is 0.308 e. The highest BCUT2D eigenvalue weighted by molar-refractivity contribution is 6.17. The van der Waals surface area contributed by atoms with Gasteiger partial charge in [0.1, 0.15) is 0 Å². The van der Waals surface area contributed by atoms with Crippen molar-refractivity contribution in [2.45, 2.75) is 0 Å². The molecule has 234 valence electrons. The van der Waals surface area contributed by atoms with E-state index >= 15 is 0 Å². The topological polar surface area (TPSA) is 48.5 Å². The fourth-order valence-electron chi connectivity index (χ4n) is 7.45. The molecule has 0 aliphatic carbocycles. The van der Waals surface area contributed by atoms with Gasteiger partial charge in [0, 0.05) is 39.2 Å². The van der Waals surface area contributed by atoms with Crippen molar-refractivity contribution in [2.24, 2.45) is 0 Å². The van der Waals surface area contributed by atoms with Crippen molar-refractivity contribution in [2.75, 3.05) is 0 Å². The average Bonchev–Trinajstić information content (AvgIpc) is 3.71. The Labute approximate surface area is 288 Å². The fourth-order valence-corrected chi connectivity index (χ4v) is 7.45. The van der Waals surface area contributed by atoms with Crippen molar-refractivity contribution >= 4 is 43.7 Å². The minimum absolute atomic E-state index is 0.700. The van der Waals surface area contributed by atoms with E-state index in [2.05, 4.69) is 143 Å². The van der Waals surface area contributed by atoms with Gasteiger partial charge in [-0.15, -0.1) is 0 Å². The van der Waals surface area contributed by atoms with Gasteiger partial charge in [0.05, 0.1) is 45.2 Å². The van der Waals surface area contributed by atoms with E-state index in [9.17, 15) is 0 Å². The molecular weight excluding hydrogens is 611 g/mol. The van der Waals surface area contributed by atoms with Crippen LogP contribution in [0.2, 0.25) is 0 Å². The molecule has 10 rings (SSSR count). The third-order valence-corrected chi connectivity index (χ3v) is 9.63. The van der Waals surface area contributed by atoms with Gasteiger partial charge in [0.15, 0.2) is 5.82 Å². The molecule has 10 aromatic rings. The molecule has 0 saturated carbocycles. The zero-order valence-corrected chi connectivity index (χ0v) is 27.0. The summed E-state index contributed by atoms with van der Waals surface area (Å²) < 4.78 is 4.65. The molecule has 0 bridgehead atoms. The Morgan fingerprint density at radius 2 is 1.14 bits per heavy atom. The smallest absolute Gasteiger partial charge is 0.159 e. The molecule has 0 unspecified atom stereocenters. The lowest BCUT2D eigenvalue weighted by atomic mass is 9.98. The van der Waals surface area contributed by atoms with E-state index in [1.165, 1.54) is 16.3 Å². The van der Waals surface area contributed by atoms with Crippen LogP contribution in [0.25, 0.3) is 88.9 Å². The highest BCUT2D eigenvalue weighted by Crippen LogP contribution is 2.42. The number of hydrogen-bond donors (Lipinski definition) is 0. The Bertz CT molecular complexity index is 2850. The van der Waals surface area contributed by atoms with Gasteiger partial charge in [0.2, 0.25) is 0 Å². The van der Waals surface area contributed by atoms with Crippen LogP contribution in [0, 0.1) is 0 Å². The maximum absolute atomic E-state index is 5.22. The number of para-hydroxylation sites is 2. The second kappa shape index (κ2) is 11.4. The third kappa shape index (κ3) is 4.37. The van der Waals surface area contributed by atoms with Gasteiger partial charge in [-0.25, -0.2) is 9.97 Å². The first kappa shape index (κ1) is 28.2. The van der Waals surface area contributed by atoms with E-state index in [1.54, 1.807) is 0 Å². The first-order chi connectivity index (χ1) is 24.8. The van der Waals surface area contributed by atoms with Crippen LogP contribution in [0.5, 0.6) is 0 Å². The van der Waals surface area contributed by atoms with E-state index in [0.29, 0.717) is 5.82 Å². The van der Waals surface area contributed by atoms with Crippen LogP contribution < -0.4 is 0 Å². The SMILES string of the molecule is c1ccc(-c2ncc(-n3c4ccccc4c4c(-c5ccc6c7ncccc7n(-c7ccccc7)c6c5)cccc43)c(-c3ccccc3)n2)cc1. The molecule has 4 heterocycles. The molecule has 50 heavy (non-hydrogen) atoms. The maximum atomic E-state index is 5.22. The Kier molecular flexibility index (Phi) is 6.42. The van der Waals surface area contributed by atoms with Crippen LogP contribution in [-0.4, -0.2) is 24.1 Å². The summed E-state index contributed by atoms with van der Waals surface area (Å²) in [7, 11) is 0. The minimum Gasteiger partial charge on any atom is -0.308 e. The molecule has 0 spiro atoms. The van der Waals surface area contributed by atoms with Crippen molar-refractivity contribution < 1.29 is 0 Å². The molecule has 6 aromatic carbocycles. The van der Waals surface area contributed by atoms with Crippen LogP contribution in [0.3, 0.4) is 0 Å². The summed E-state index contributed by atoms with van der Waals surface area (Å²) in [5.74, 6) is 0.700. The molecule has 0 aliphatic rings. The molecule has 5 nitrogen and oxygen atoms in total. The molecule has 0 atom stereocenters. The maximum Gasteiger partial charge on any atom is 0.159 e. The lowest BCUT2D eigenvalue weighted by Gasteiger charge is -2.14. The number of hydrogen-bond acceptors (Lipinski definition) is 3. The predicted octanol–water partition coefficient (Wildman–Crippen LogP) is 11.1. The molecule has 0 aliphatic heterocycles. The summed E-state index contributed by atoms with van der Waals surface area (Å²) in [6.07, 6.45) is 3.86. The zero-order chi connectivity index (χ0) is 33.0. The normalized spacial score (nSPS) is 11.6. The van der Waals surface area contributed by atoms with Crippen LogP contribution in [0.4, 0.5) is 0 Å². The second-order valence-corrected chi connectivity index (χ2v) is 12.5. The first-order valence-corrected chi connectivity index (χ1v) is 16.8. The molecule has 0 amide bonds. The van der Waals surface area contributed by atoms with Crippen LogP contribution >= 0.6 is 0 Å². The zero-order valence-electron chi connectivity index (χ0n) is 27.0. The quantitative estimate of drug-likeness (QED) is 0.188. The van der Waals surface area contributed by atoms with E-state index in [-0.39, 0.29) is 0 Å². The first-order valence-electron chi connectivity index (χ1n) is 16.8. The Morgan fingerprint density at radius 1 is 0.440 bits per heavy atom. The Balaban J connectivity index is 1.24. The number of aromatic nitrogens is 5.